The van der Waals surface area contributed by atoms with Gasteiger partial charge < -0.3 is 4.90 Å². The third kappa shape index (κ3) is 3.51. The molecule has 1 aliphatic rings. The van der Waals surface area contributed by atoms with Crippen molar-refractivity contribution in [2.24, 2.45) is 5.92 Å². The first-order valence-electron chi connectivity index (χ1n) is 8.90. The Bertz CT molecular complexity index is 1060. The standard InChI is InChI=1S/C20H18FN5O/c21-16-2-3-17-18(9-16)24-13-26(20(17)27)12-14-5-7-25(8-6-14)19-4-1-15(10-22)11-23-19/h1-4,9,11,13-14H,5-8,12H2. The molecule has 0 bridgehead atoms. The second-order valence-corrected chi connectivity index (χ2v) is 6.81. The van der Waals surface area contributed by atoms with E-state index < -0.39 is 5.82 Å². The van der Waals surface area contributed by atoms with Gasteiger partial charge in [-0.2, -0.15) is 5.26 Å². The van der Waals surface area contributed by atoms with Crippen molar-refractivity contribution in [1.29, 1.82) is 5.26 Å². The monoisotopic (exact) mass is 363 g/mol. The van der Waals surface area contributed by atoms with Crippen LogP contribution < -0.4 is 10.5 Å². The number of pyridine rings is 1. The molecular weight excluding hydrogens is 345 g/mol. The fourth-order valence-electron chi connectivity index (χ4n) is 3.52. The number of nitriles is 1. The molecule has 7 heteroatoms. The van der Waals surface area contributed by atoms with Crippen LogP contribution in [-0.4, -0.2) is 27.6 Å². The first-order chi connectivity index (χ1) is 13.1. The summed E-state index contributed by atoms with van der Waals surface area (Å²) in [6.45, 7) is 2.31. The molecule has 4 rings (SSSR count). The number of aromatic nitrogens is 3. The van der Waals surface area contributed by atoms with Crippen LogP contribution in [0.4, 0.5) is 10.2 Å². The van der Waals surface area contributed by atoms with Crippen molar-refractivity contribution in [1.82, 2.24) is 14.5 Å². The van der Waals surface area contributed by atoms with Crippen LogP contribution in [0.1, 0.15) is 18.4 Å². The SMILES string of the molecule is N#Cc1ccc(N2CCC(Cn3cnc4cc(F)ccc4c3=O)CC2)nc1. The number of halogens is 1. The summed E-state index contributed by atoms with van der Waals surface area (Å²) in [5.74, 6) is 0.854. The summed E-state index contributed by atoms with van der Waals surface area (Å²) < 4.78 is 14.9. The van der Waals surface area contributed by atoms with E-state index in [9.17, 15) is 9.18 Å². The highest BCUT2D eigenvalue weighted by atomic mass is 19.1. The average molecular weight is 363 g/mol. The predicted molar refractivity (Wildman–Crippen MR) is 99.9 cm³/mol. The van der Waals surface area contributed by atoms with Gasteiger partial charge >= 0.3 is 0 Å². The Morgan fingerprint density at radius 3 is 2.70 bits per heavy atom. The summed E-state index contributed by atoms with van der Waals surface area (Å²) >= 11 is 0. The Balaban J connectivity index is 1.44. The van der Waals surface area contributed by atoms with Crippen molar-refractivity contribution in [3.8, 4) is 6.07 Å². The summed E-state index contributed by atoms with van der Waals surface area (Å²) in [7, 11) is 0. The van der Waals surface area contributed by atoms with Gasteiger partial charge in [0.25, 0.3) is 5.56 Å². The lowest BCUT2D eigenvalue weighted by Gasteiger charge is -2.33. The van der Waals surface area contributed by atoms with E-state index in [1.165, 1.54) is 24.5 Å². The molecule has 1 aliphatic heterocycles. The van der Waals surface area contributed by atoms with Crippen molar-refractivity contribution >= 4 is 16.7 Å². The normalized spacial score (nSPS) is 15.0. The quantitative estimate of drug-likeness (QED) is 0.715. The Morgan fingerprint density at radius 2 is 2.00 bits per heavy atom. The molecule has 2 aromatic heterocycles. The molecule has 0 radical (unpaired) electrons. The Hall–Kier alpha value is -3.27. The van der Waals surface area contributed by atoms with E-state index in [4.69, 9.17) is 5.26 Å². The van der Waals surface area contributed by atoms with Gasteiger partial charge in [-0.15, -0.1) is 0 Å². The topological polar surface area (TPSA) is 74.8 Å². The molecule has 0 N–H and O–H groups in total. The van der Waals surface area contributed by atoms with Crippen molar-refractivity contribution in [2.75, 3.05) is 18.0 Å². The van der Waals surface area contributed by atoms with Crippen LogP contribution >= 0.6 is 0 Å². The maximum atomic E-state index is 13.3. The zero-order chi connectivity index (χ0) is 18.8. The molecule has 0 unspecified atom stereocenters. The van der Waals surface area contributed by atoms with Gasteiger partial charge in [0.15, 0.2) is 0 Å². The lowest BCUT2D eigenvalue weighted by Crippen LogP contribution is -2.36. The fourth-order valence-corrected chi connectivity index (χ4v) is 3.52. The molecule has 136 valence electrons. The van der Waals surface area contributed by atoms with Crippen molar-refractivity contribution < 1.29 is 4.39 Å². The highest BCUT2D eigenvalue weighted by molar-refractivity contribution is 5.77. The Kier molecular flexibility index (Phi) is 4.55. The second kappa shape index (κ2) is 7.16. The Morgan fingerprint density at radius 1 is 1.19 bits per heavy atom. The minimum Gasteiger partial charge on any atom is -0.357 e. The van der Waals surface area contributed by atoms with E-state index in [2.05, 4.69) is 20.9 Å². The molecule has 3 aromatic rings. The molecule has 0 amide bonds. The minimum atomic E-state index is -0.393. The highest BCUT2D eigenvalue weighted by Crippen LogP contribution is 2.23. The van der Waals surface area contributed by atoms with Gasteiger partial charge in [0.1, 0.15) is 17.7 Å². The molecule has 3 heterocycles. The molecule has 1 fully saturated rings. The maximum absolute atomic E-state index is 13.3. The average Bonchev–Trinajstić information content (AvgIpc) is 2.71. The van der Waals surface area contributed by atoms with Gasteiger partial charge in [-0.25, -0.2) is 14.4 Å². The Labute approximate surface area is 155 Å². The smallest absolute Gasteiger partial charge is 0.261 e. The number of hydrogen-bond acceptors (Lipinski definition) is 5. The summed E-state index contributed by atoms with van der Waals surface area (Å²) in [6.07, 6.45) is 4.98. The van der Waals surface area contributed by atoms with Crippen LogP contribution in [0.3, 0.4) is 0 Å². The van der Waals surface area contributed by atoms with E-state index >= 15 is 0 Å². The van der Waals surface area contributed by atoms with Crippen LogP contribution in [0.5, 0.6) is 0 Å². The first kappa shape index (κ1) is 17.2. The van der Waals surface area contributed by atoms with Crippen LogP contribution in [0, 0.1) is 23.1 Å². The third-order valence-corrected chi connectivity index (χ3v) is 5.06. The van der Waals surface area contributed by atoms with Gasteiger partial charge in [0.05, 0.1) is 22.8 Å². The minimum absolute atomic E-state index is 0.129. The summed E-state index contributed by atoms with van der Waals surface area (Å²) in [5.41, 5.74) is 0.811. The largest absolute Gasteiger partial charge is 0.357 e. The van der Waals surface area contributed by atoms with Gasteiger partial charge in [-0.3, -0.25) is 9.36 Å². The van der Waals surface area contributed by atoms with E-state index in [0.717, 1.165) is 31.7 Å². The number of benzene rings is 1. The number of hydrogen-bond donors (Lipinski definition) is 0. The maximum Gasteiger partial charge on any atom is 0.261 e. The molecule has 0 saturated carbocycles. The van der Waals surface area contributed by atoms with E-state index in [-0.39, 0.29) is 5.56 Å². The molecule has 1 saturated heterocycles. The van der Waals surface area contributed by atoms with Crippen LogP contribution in [0.2, 0.25) is 0 Å². The van der Waals surface area contributed by atoms with Crippen LogP contribution in [0.15, 0.2) is 47.7 Å². The fraction of sp³-hybridized carbons (Fsp3) is 0.300. The number of piperidine rings is 1. The lowest BCUT2D eigenvalue weighted by atomic mass is 9.96. The van der Waals surface area contributed by atoms with Gasteiger partial charge in [0.2, 0.25) is 0 Å². The van der Waals surface area contributed by atoms with Crippen molar-refractivity contribution in [3.63, 3.8) is 0 Å². The summed E-state index contributed by atoms with van der Waals surface area (Å²) in [6, 6.07) is 9.79. The zero-order valence-corrected chi connectivity index (χ0v) is 14.7. The molecule has 0 aliphatic carbocycles. The van der Waals surface area contributed by atoms with E-state index in [1.807, 2.05) is 6.07 Å². The zero-order valence-electron chi connectivity index (χ0n) is 14.7. The molecule has 0 atom stereocenters. The first-order valence-corrected chi connectivity index (χ1v) is 8.90. The number of fused-ring (bicyclic) bond motifs is 1. The molecule has 6 nitrogen and oxygen atoms in total. The van der Waals surface area contributed by atoms with Gasteiger partial charge in [-0.1, -0.05) is 0 Å². The molecule has 27 heavy (non-hydrogen) atoms. The number of nitrogens with zero attached hydrogens (tertiary/aromatic N) is 5. The van der Waals surface area contributed by atoms with Crippen LogP contribution in [-0.2, 0) is 6.54 Å². The molecular formula is C20H18FN5O. The molecule has 1 aromatic carbocycles. The third-order valence-electron chi connectivity index (χ3n) is 5.06. The summed E-state index contributed by atoms with van der Waals surface area (Å²) in [4.78, 5) is 23.4. The van der Waals surface area contributed by atoms with E-state index in [0.29, 0.717) is 28.9 Å². The second-order valence-electron chi connectivity index (χ2n) is 6.81. The highest BCUT2D eigenvalue weighted by Gasteiger charge is 2.21. The van der Waals surface area contributed by atoms with Crippen molar-refractivity contribution in [3.05, 3.63) is 64.6 Å². The molecule has 0 spiro atoms. The van der Waals surface area contributed by atoms with Gasteiger partial charge in [-0.05, 0) is 43.0 Å². The lowest BCUT2D eigenvalue weighted by molar-refractivity contribution is 0.351. The van der Waals surface area contributed by atoms with Crippen molar-refractivity contribution in [2.45, 2.75) is 19.4 Å². The van der Waals surface area contributed by atoms with Crippen LogP contribution in [0.25, 0.3) is 10.9 Å². The number of anilines is 1. The summed E-state index contributed by atoms with van der Waals surface area (Å²) in [5, 5.41) is 9.30. The number of rotatable bonds is 3. The predicted octanol–water partition coefficient (Wildman–Crippen LogP) is 2.72. The van der Waals surface area contributed by atoms with E-state index in [1.54, 1.807) is 16.8 Å². The van der Waals surface area contributed by atoms with Gasteiger partial charge in [0, 0.05) is 31.9 Å².